The van der Waals surface area contributed by atoms with Crippen LogP contribution in [0.15, 0.2) is 22.7 Å². The molecule has 0 aliphatic heterocycles. The highest BCUT2D eigenvalue weighted by molar-refractivity contribution is 9.10. The van der Waals surface area contributed by atoms with Crippen molar-refractivity contribution in [2.24, 2.45) is 0 Å². The maximum Gasteiger partial charge on any atom is 0.339 e. The number of aromatic nitrogens is 2. The Kier molecular flexibility index (Phi) is 3.39. The molecule has 2 rings (SSSR count). The maximum atomic E-state index is 11.0. The second-order valence-corrected chi connectivity index (χ2v) is 4.79. The number of halogens is 1. The standard InChI is InChI=1S/C10H7BrN2O3S/c1-5-12-10(17-13-5)16-8-3-2-6(11)4-7(8)9(14)15/h2-4H,1H3,(H,14,15). The fourth-order valence-corrected chi connectivity index (χ4v) is 2.08. The molecule has 0 unspecified atom stereocenters. The van der Waals surface area contributed by atoms with E-state index in [4.69, 9.17) is 9.84 Å². The van der Waals surface area contributed by atoms with E-state index in [-0.39, 0.29) is 11.3 Å². The lowest BCUT2D eigenvalue weighted by molar-refractivity contribution is 0.0694. The summed E-state index contributed by atoms with van der Waals surface area (Å²) in [5.41, 5.74) is 0.0761. The number of benzene rings is 1. The van der Waals surface area contributed by atoms with Crippen LogP contribution in [0.1, 0.15) is 16.2 Å². The molecule has 1 aromatic heterocycles. The van der Waals surface area contributed by atoms with Gasteiger partial charge in [-0.05, 0) is 25.1 Å². The van der Waals surface area contributed by atoms with Gasteiger partial charge in [0, 0.05) is 16.0 Å². The molecule has 1 N–H and O–H groups in total. The van der Waals surface area contributed by atoms with Gasteiger partial charge in [0.2, 0.25) is 0 Å². The molecule has 7 heteroatoms. The summed E-state index contributed by atoms with van der Waals surface area (Å²) < 4.78 is 10.0. The lowest BCUT2D eigenvalue weighted by atomic mass is 10.2. The summed E-state index contributed by atoms with van der Waals surface area (Å²) in [5.74, 6) is -0.210. The molecule has 0 bridgehead atoms. The van der Waals surface area contributed by atoms with E-state index >= 15 is 0 Å². The van der Waals surface area contributed by atoms with Gasteiger partial charge in [-0.25, -0.2) is 4.79 Å². The number of hydrogen-bond acceptors (Lipinski definition) is 5. The van der Waals surface area contributed by atoms with Crippen molar-refractivity contribution in [3.8, 4) is 10.9 Å². The Morgan fingerprint density at radius 3 is 2.88 bits per heavy atom. The van der Waals surface area contributed by atoms with Crippen LogP contribution >= 0.6 is 27.5 Å². The van der Waals surface area contributed by atoms with E-state index in [1.54, 1.807) is 19.1 Å². The van der Waals surface area contributed by atoms with Crippen molar-refractivity contribution in [3.63, 3.8) is 0 Å². The summed E-state index contributed by atoms with van der Waals surface area (Å²) in [6.45, 7) is 1.74. The number of carboxylic acids is 1. The molecule has 0 amide bonds. The summed E-state index contributed by atoms with van der Waals surface area (Å²) in [6, 6.07) is 4.76. The van der Waals surface area contributed by atoms with Crippen LogP contribution in [-0.4, -0.2) is 20.4 Å². The van der Waals surface area contributed by atoms with Crippen LogP contribution in [-0.2, 0) is 0 Å². The quantitative estimate of drug-likeness (QED) is 0.942. The molecule has 88 valence electrons. The summed E-state index contributed by atoms with van der Waals surface area (Å²) in [6.07, 6.45) is 0. The van der Waals surface area contributed by atoms with Gasteiger partial charge in [0.05, 0.1) is 0 Å². The molecule has 0 saturated heterocycles. The van der Waals surface area contributed by atoms with Gasteiger partial charge in [-0.3, -0.25) is 0 Å². The molecule has 0 aliphatic rings. The Bertz CT molecular complexity index is 570. The van der Waals surface area contributed by atoms with Gasteiger partial charge in [0.15, 0.2) is 0 Å². The van der Waals surface area contributed by atoms with E-state index in [0.29, 0.717) is 15.5 Å². The van der Waals surface area contributed by atoms with Crippen LogP contribution in [0.2, 0.25) is 0 Å². The Morgan fingerprint density at radius 2 is 2.29 bits per heavy atom. The second kappa shape index (κ2) is 4.80. The van der Waals surface area contributed by atoms with E-state index in [2.05, 4.69) is 25.3 Å². The van der Waals surface area contributed by atoms with E-state index < -0.39 is 5.97 Å². The lowest BCUT2D eigenvalue weighted by Crippen LogP contribution is -1.99. The minimum absolute atomic E-state index is 0.0761. The van der Waals surface area contributed by atoms with Gasteiger partial charge in [-0.15, -0.1) is 0 Å². The van der Waals surface area contributed by atoms with E-state index in [1.165, 1.54) is 6.07 Å². The first kappa shape index (κ1) is 12.0. The fourth-order valence-electron chi connectivity index (χ4n) is 1.17. The van der Waals surface area contributed by atoms with Crippen molar-refractivity contribution in [1.82, 2.24) is 9.36 Å². The van der Waals surface area contributed by atoms with Crippen LogP contribution < -0.4 is 4.74 Å². The van der Waals surface area contributed by atoms with Gasteiger partial charge in [0.1, 0.15) is 17.1 Å². The summed E-state index contributed by atoms with van der Waals surface area (Å²) in [5, 5.41) is 9.37. The number of nitrogens with zero attached hydrogens (tertiary/aromatic N) is 2. The number of rotatable bonds is 3. The Labute approximate surface area is 109 Å². The third kappa shape index (κ3) is 2.80. The number of carbonyl (C=O) groups is 1. The Hall–Kier alpha value is -1.47. The fraction of sp³-hybridized carbons (Fsp3) is 0.100. The first-order valence-electron chi connectivity index (χ1n) is 4.57. The molecule has 0 radical (unpaired) electrons. The van der Waals surface area contributed by atoms with Gasteiger partial charge < -0.3 is 9.84 Å². The average Bonchev–Trinajstić information content (AvgIpc) is 2.66. The predicted molar refractivity (Wildman–Crippen MR) is 65.8 cm³/mol. The maximum absolute atomic E-state index is 11.0. The minimum atomic E-state index is -1.05. The van der Waals surface area contributed by atoms with E-state index in [1.807, 2.05) is 0 Å². The average molecular weight is 315 g/mol. The third-order valence-corrected chi connectivity index (χ3v) is 3.06. The zero-order valence-corrected chi connectivity index (χ0v) is 11.1. The molecule has 0 spiro atoms. The SMILES string of the molecule is Cc1nsc(Oc2ccc(Br)cc2C(=O)O)n1. The highest BCUT2D eigenvalue weighted by Gasteiger charge is 2.14. The van der Waals surface area contributed by atoms with Crippen molar-refractivity contribution in [3.05, 3.63) is 34.1 Å². The summed E-state index contributed by atoms with van der Waals surface area (Å²) in [4.78, 5) is 15.0. The predicted octanol–water partition coefficient (Wildman–Crippen LogP) is 3.10. The third-order valence-electron chi connectivity index (χ3n) is 1.88. The van der Waals surface area contributed by atoms with Crippen LogP contribution in [0.25, 0.3) is 0 Å². The second-order valence-electron chi connectivity index (χ2n) is 3.16. The van der Waals surface area contributed by atoms with Gasteiger partial charge in [0.25, 0.3) is 5.19 Å². The van der Waals surface area contributed by atoms with Crippen molar-refractivity contribution in [2.45, 2.75) is 6.92 Å². The van der Waals surface area contributed by atoms with E-state index in [0.717, 1.165) is 11.5 Å². The molecule has 0 fully saturated rings. The van der Waals surface area contributed by atoms with Crippen molar-refractivity contribution in [2.75, 3.05) is 0 Å². The topological polar surface area (TPSA) is 72.3 Å². The van der Waals surface area contributed by atoms with Gasteiger partial charge >= 0.3 is 5.97 Å². The first-order valence-corrected chi connectivity index (χ1v) is 6.14. The van der Waals surface area contributed by atoms with E-state index in [9.17, 15) is 4.79 Å². The molecule has 0 atom stereocenters. The number of hydrogen-bond donors (Lipinski definition) is 1. The largest absolute Gasteiger partial charge is 0.478 e. The highest BCUT2D eigenvalue weighted by atomic mass is 79.9. The number of aryl methyl sites for hydroxylation is 1. The van der Waals surface area contributed by atoms with Crippen LogP contribution in [0.3, 0.4) is 0 Å². The zero-order chi connectivity index (χ0) is 12.4. The van der Waals surface area contributed by atoms with Gasteiger partial charge in [-0.1, -0.05) is 15.9 Å². The molecule has 1 heterocycles. The summed E-state index contributed by atoms with van der Waals surface area (Å²) >= 11 is 4.29. The molecule has 0 aliphatic carbocycles. The zero-order valence-electron chi connectivity index (χ0n) is 8.68. The first-order chi connectivity index (χ1) is 8.06. The van der Waals surface area contributed by atoms with Gasteiger partial charge in [-0.2, -0.15) is 9.36 Å². The Balaban J connectivity index is 2.35. The molecular formula is C10H7BrN2O3S. The van der Waals surface area contributed by atoms with Crippen LogP contribution in [0, 0.1) is 6.92 Å². The van der Waals surface area contributed by atoms with Crippen molar-refractivity contribution >= 4 is 33.4 Å². The lowest BCUT2D eigenvalue weighted by Gasteiger charge is -2.05. The number of ether oxygens (including phenoxy) is 1. The molecule has 5 nitrogen and oxygen atoms in total. The van der Waals surface area contributed by atoms with Crippen LogP contribution in [0.4, 0.5) is 0 Å². The Morgan fingerprint density at radius 1 is 1.53 bits per heavy atom. The molecule has 1 aromatic carbocycles. The van der Waals surface area contributed by atoms with Crippen LogP contribution in [0.5, 0.6) is 10.9 Å². The number of aromatic carboxylic acids is 1. The molecule has 0 saturated carbocycles. The molecule has 17 heavy (non-hydrogen) atoms. The molecule has 2 aromatic rings. The number of carboxylic acid groups (broad SMARTS) is 1. The molecular weight excluding hydrogens is 308 g/mol. The van der Waals surface area contributed by atoms with Crippen molar-refractivity contribution in [1.29, 1.82) is 0 Å². The smallest absolute Gasteiger partial charge is 0.339 e. The normalized spacial score (nSPS) is 10.2. The summed E-state index contributed by atoms with van der Waals surface area (Å²) in [7, 11) is 0. The van der Waals surface area contributed by atoms with Crippen molar-refractivity contribution < 1.29 is 14.6 Å². The minimum Gasteiger partial charge on any atom is -0.478 e. The monoisotopic (exact) mass is 314 g/mol. The highest BCUT2D eigenvalue weighted by Crippen LogP contribution is 2.28.